The van der Waals surface area contributed by atoms with Crippen LogP contribution in [0.4, 0.5) is 8.78 Å². The van der Waals surface area contributed by atoms with Gasteiger partial charge in [-0.25, -0.2) is 8.78 Å². The first kappa shape index (κ1) is 14.7. The van der Waals surface area contributed by atoms with Gasteiger partial charge in [0.25, 0.3) is 0 Å². The summed E-state index contributed by atoms with van der Waals surface area (Å²) >= 11 is 0. The second-order valence-electron chi connectivity index (χ2n) is 5.25. The molecule has 1 unspecified atom stereocenters. The third-order valence-corrected chi connectivity index (χ3v) is 3.96. The highest BCUT2D eigenvalue weighted by atomic mass is 19.2. The number of aliphatic hydroxyl groups excluding tert-OH is 1. The van der Waals surface area contributed by atoms with Crippen molar-refractivity contribution in [1.82, 2.24) is 0 Å². The predicted octanol–water partition coefficient (Wildman–Crippen LogP) is 4.28. The van der Waals surface area contributed by atoms with Crippen LogP contribution in [-0.4, -0.2) is 5.11 Å². The molecule has 3 heteroatoms. The normalized spacial score (nSPS) is 12.6. The Bertz CT molecular complexity index is 636. The first-order valence-corrected chi connectivity index (χ1v) is 6.53. The van der Waals surface area contributed by atoms with Gasteiger partial charge in [0, 0.05) is 0 Å². The Morgan fingerprint density at radius 2 is 1.40 bits per heavy atom. The van der Waals surface area contributed by atoms with Crippen LogP contribution in [0.15, 0.2) is 24.3 Å². The van der Waals surface area contributed by atoms with Crippen LogP contribution in [0, 0.1) is 39.3 Å². The molecular formula is C17H18F2O. The first-order valence-electron chi connectivity index (χ1n) is 6.53. The molecule has 0 saturated carbocycles. The molecule has 106 valence electrons. The second kappa shape index (κ2) is 5.33. The van der Waals surface area contributed by atoms with Crippen molar-refractivity contribution >= 4 is 0 Å². The highest BCUT2D eigenvalue weighted by Gasteiger charge is 2.19. The molecule has 2 rings (SSSR count). The Kier molecular flexibility index (Phi) is 3.91. The molecule has 0 spiro atoms. The molecule has 0 radical (unpaired) electrons. The largest absolute Gasteiger partial charge is 0.384 e. The lowest BCUT2D eigenvalue weighted by Gasteiger charge is -2.20. The Hall–Kier alpha value is -1.74. The van der Waals surface area contributed by atoms with Crippen LogP contribution >= 0.6 is 0 Å². The van der Waals surface area contributed by atoms with Crippen molar-refractivity contribution < 1.29 is 13.9 Å². The van der Waals surface area contributed by atoms with E-state index in [-0.39, 0.29) is 0 Å². The van der Waals surface area contributed by atoms with E-state index in [0.29, 0.717) is 5.56 Å². The number of halogens is 2. The predicted molar refractivity (Wildman–Crippen MR) is 75.8 cm³/mol. The van der Waals surface area contributed by atoms with E-state index >= 15 is 0 Å². The van der Waals surface area contributed by atoms with E-state index in [4.69, 9.17) is 0 Å². The number of hydrogen-bond donors (Lipinski definition) is 1. The molecule has 2 aromatic carbocycles. The van der Waals surface area contributed by atoms with Crippen molar-refractivity contribution in [3.05, 3.63) is 69.3 Å². The standard InChI is InChI=1S/C17H18F2O/c1-9-7-10(2)12(4)16(11(9)3)17(20)13-5-6-14(18)15(19)8-13/h5-8,17,20H,1-4H3. The number of hydrogen-bond acceptors (Lipinski definition) is 1. The third kappa shape index (κ3) is 2.46. The van der Waals surface area contributed by atoms with E-state index in [2.05, 4.69) is 6.07 Å². The molecule has 0 aliphatic rings. The molecule has 0 amide bonds. The Labute approximate surface area is 117 Å². The number of aryl methyl sites for hydroxylation is 2. The summed E-state index contributed by atoms with van der Waals surface area (Å²) in [4.78, 5) is 0. The van der Waals surface area contributed by atoms with Gasteiger partial charge in [0.05, 0.1) is 0 Å². The summed E-state index contributed by atoms with van der Waals surface area (Å²) in [6, 6.07) is 5.57. The van der Waals surface area contributed by atoms with E-state index < -0.39 is 17.7 Å². The van der Waals surface area contributed by atoms with Crippen molar-refractivity contribution in [1.29, 1.82) is 0 Å². The highest BCUT2D eigenvalue weighted by Crippen LogP contribution is 2.31. The van der Waals surface area contributed by atoms with Crippen molar-refractivity contribution in [2.45, 2.75) is 33.8 Å². The lowest BCUT2D eigenvalue weighted by molar-refractivity contribution is 0.218. The van der Waals surface area contributed by atoms with Gasteiger partial charge < -0.3 is 5.11 Å². The number of benzene rings is 2. The average molecular weight is 276 g/mol. The average Bonchev–Trinajstić information content (AvgIpc) is 2.40. The molecule has 0 aromatic heterocycles. The molecule has 2 aromatic rings. The highest BCUT2D eigenvalue weighted by molar-refractivity contribution is 5.48. The van der Waals surface area contributed by atoms with Crippen molar-refractivity contribution in [2.24, 2.45) is 0 Å². The van der Waals surface area contributed by atoms with E-state index in [1.807, 2.05) is 27.7 Å². The van der Waals surface area contributed by atoms with Gasteiger partial charge in [-0.15, -0.1) is 0 Å². The van der Waals surface area contributed by atoms with Gasteiger partial charge >= 0.3 is 0 Å². The summed E-state index contributed by atoms with van der Waals surface area (Å²) in [5.41, 5.74) is 5.23. The zero-order valence-corrected chi connectivity index (χ0v) is 12.1. The molecule has 0 saturated heterocycles. The van der Waals surface area contributed by atoms with Gasteiger partial charge in [-0.2, -0.15) is 0 Å². The molecule has 20 heavy (non-hydrogen) atoms. The summed E-state index contributed by atoms with van der Waals surface area (Å²) in [5.74, 6) is -1.85. The monoisotopic (exact) mass is 276 g/mol. The Morgan fingerprint density at radius 1 is 0.850 bits per heavy atom. The summed E-state index contributed by atoms with van der Waals surface area (Å²) in [6.45, 7) is 7.81. The van der Waals surface area contributed by atoms with Crippen LogP contribution < -0.4 is 0 Å². The molecule has 1 atom stereocenters. The lowest BCUT2D eigenvalue weighted by Crippen LogP contribution is -2.08. The fraction of sp³-hybridized carbons (Fsp3) is 0.294. The topological polar surface area (TPSA) is 20.2 Å². The quantitative estimate of drug-likeness (QED) is 0.868. The van der Waals surface area contributed by atoms with Crippen LogP contribution in [0.25, 0.3) is 0 Å². The SMILES string of the molecule is Cc1cc(C)c(C)c(C(O)c2ccc(F)c(F)c2)c1C. The zero-order chi connectivity index (χ0) is 15.0. The summed E-state index contributed by atoms with van der Waals surface area (Å²) in [6.07, 6.45) is -0.955. The minimum atomic E-state index is -0.955. The molecule has 0 bridgehead atoms. The van der Waals surface area contributed by atoms with Crippen LogP contribution in [0.3, 0.4) is 0 Å². The molecular weight excluding hydrogens is 258 g/mol. The van der Waals surface area contributed by atoms with Gasteiger partial charge in [-0.3, -0.25) is 0 Å². The number of rotatable bonds is 2. The summed E-state index contributed by atoms with van der Waals surface area (Å²) in [7, 11) is 0. The van der Waals surface area contributed by atoms with Gasteiger partial charge in [-0.1, -0.05) is 12.1 Å². The molecule has 0 aliphatic carbocycles. The van der Waals surface area contributed by atoms with Crippen LogP contribution in [0.5, 0.6) is 0 Å². The molecule has 1 nitrogen and oxygen atoms in total. The minimum Gasteiger partial charge on any atom is -0.384 e. The molecule has 1 N–H and O–H groups in total. The maximum atomic E-state index is 13.3. The van der Waals surface area contributed by atoms with E-state index in [0.717, 1.165) is 39.9 Å². The smallest absolute Gasteiger partial charge is 0.159 e. The second-order valence-corrected chi connectivity index (χ2v) is 5.25. The van der Waals surface area contributed by atoms with Crippen LogP contribution in [-0.2, 0) is 0 Å². The van der Waals surface area contributed by atoms with Crippen LogP contribution in [0.2, 0.25) is 0 Å². The van der Waals surface area contributed by atoms with Gasteiger partial charge in [-0.05, 0) is 73.2 Å². The lowest BCUT2D eigenvalue weighted by atomic mass is 9.88. The minimum absolute atomic E-state index is 0.361. The van der Waals surface area contributed by atoms with Crippen molar-refractivity contribution in [2.75, 3.05) is 0 Å². The van der Waals surface area contributed by atoms with E-state index in [1.54, 1.807) is 0 Å². The fourth-order valence-corrected chi connectivity index (χ4v) is 2.51. The van der Waals surface area contributed by atoms with Gasteiger partial charge in [0.15, 0.2) is 11.6 Å². The van der Waals surface area contributed by atoms with Gasteiger partial charge in [0.2, 0.25) is 0 Å². The zero-order valence-electron chi connectivity index (χ0n) is 12.1. The Balaban J connectivity index is 2.58. The molecule has 0 fully saturated rings. The van der Waals surface area contributed by atoms with Crippen LogP contribution in [0.1, 0.15) is 39.5 Å². The summed E-state index contributed by atoms with van der Waals surface area (Å²) in [5, 5.41) is 10.5. The maximum Gasteiger partial charge on any atom is 0.159 e. The maximum absolute atomic E-state index is 13.3. The first-order chi connectivity index (χ1) is 9.32. The summed E-state index contributed by atoms with van der Waals surface area (Å²) < 4.78 is 26.3. The van der Waals surface area contributed by atoms with Gasteiger partial charge in [0.1, 0.15) is 6.10 Å². The van der Waals surface area contributed by atoms with E-state index in [1.165, 1.54) is 6.07 Å². The van der Waals surface area contributed by atoms with Crippen molar-refractivity contribution in [3.8, 4) is 0 Å². The third-order valence-electron chi connectivity index (χ3n) is 3.96. The molecule has 0 aliphatic heterocycles. The van der Waals surface area contributed by atoms with Crippen molar-refractivity contribution in [3.63, 3.8) is 0 Å². The number of aliphatic hydroxyl groups is 1. The Morgan fingerprint density at radius 3 is 1.90 bits per heavy atom. The fourth-order valence-electron chi connectivity index (χ4n) is 2.51. The van der Waals surface area contributed by atoms with E-state index in [9.17, 15) is 13.9 Å². The molecule has 0 heterocycles.